The molecule has 3 aromatic heterocycles. The lowest BCUT2D eigenvalue weighted by atomic mass is 10.2. The molecule has 1 amide bonds. The Bertz CT molecular complexity index is 1310. The molecule has 2 aliphatic rings. The van der Waals surface area contributed by atoms with Gasteiger partial charge in [-0.3, -0.25) is 14.5 Å². The molecule has 5 rings (SSSR count). The number of hydrogen-bond donors (Lipinski definition) is 1. The Labute approximate surface area is 225 Å². The van der Waals surface area contributed by atoms with Crippen molar-refractivity contribution < 1.29 is 14.3 Å². The average Bonchev–Trinajstić information content (AvgIpc) is 3.35. The van der Waals surface area contributed by atoms with Gasteiger partial charge in [-0.05, 0) is 19.1 Å². The molecule has 12 heteroatoms. The van der Waals surface area contributed by atoms with Crippen molar-refractivity contribution in [3.05, 3.63) is 35.5 Å². The summed E-state index contributed by atoms with van der Waals surface area (Å²) in [5.41, 5.74) is 7.29. The van der Waals surface area contributed by atoms with E-state index in [9.17, 15) is 9.59 Å². The third-order valence-electron chi connectivity index (χ3n) is 6.69. The maximum Gasteiger partial charge on any atom is 0.223 e. The second kappa shape index (κ2) is 11.9. The van der Waals surface area contributed by atoms with Gasteiger partial charge in [-0.2, -0.15) is 0 Å². The zero-order valence-electron chi connectivity index (χ0n) is 21.5. The molecule has 0 spiro atoms. The van der Waals surface area contributed by atoms with Gasteiger partial charge in [-0.15, -0.1) is 11.3 Å². The Kier molecular flexibility index (Phi) is 8.20. The van der Waals surface area contributed by atoms with E-state index in [-0.39, 0.29) is 30.5 Å². The highest BCUT2D eigenvalue weighted by atomic mass is 32.1. The number of nitrogens with two attached hydrogens (primary N) is 1. The summed E-state index contributed by atoms with van der Waals surface area (Å²) in [5, 5.41) is 0. The summed E-state index contributed by atoms with van der Waals surface area (Å²) in [5.74, 6) is 1.74. The molecular formula is C26H32N8O3S. The van der Waals surface area contributed by atoms with Gasteiger partial charge < -0.3 is 20.3 Å². The molecule has 0 radical (unpaired) electrons. The van der Waals surface area contributed by atoms with Gasteiger partial charge in [0.2, 0.25) is 11.9 Å². The molecule has 2 fully saturated rings. The first-order valence-electron chi connectivity index (χ1n) is 12.9. The molecule has 2 saturated heterocycles. The fourth-order valence-electron chi connectivity index (χ4n) is 4.65. The number of amides is 1. The molecule has 0 atom stereocenters. The van der Waals surface area contributed by atoms with Crippen LogP contribution in [-0.4, -0.2) is 93.9 Å². The van der Waals surface area contributed by atoms with Crippen molar-refractivity contribution in [2.45, 2.75) is 26.3 Å². The Morgan fingerprint density at radius 2 is 1.79 bits per heavy atom. The highest BCUT2D eigenvalue weighted by molar-refractivity contribution is 7.19. The number of carbonyl (C=O) groups excluding carboxylic acids is 2. The van der Waals surface area contributed by atoms with Crippen molar-refractivity contribution >= 4 is 45.0 Å². The zero-order chi connectivity index (χ0) is 26.5. The number of nitrogens with zero attached hydrogens (tertiary/aromatic N) is 7. The number of aromatic nitrogens is 4. The summed E-state index contributed by atoms with van der Waals surface area (Å²) in [4.78, 5) is 49.9. The molecule has 11 nitrogen and oxygen atoms in total. The van der Waals surface area contributed by atoms with Crippen LogP contribution < -0.4 is 10.6 Å². The minimum absolute atomic E-state index is 0.00382. The monoisotopic (exact) mass is 536 g/mol. The van der Waals surface area contributed by atoms with Gasteiger partial charge in [0.15, 0.2) is 17.4 Å². The van der Waals surface area contributed by atoms with Crippen molar-refractivity contribution in [2.24, 2.45) is 0 Å². The fraction of sp³-hybridized carbons (Fsp3) is 0.462. The van der Waals surface area contributed by atoms with E-state index >= 15 is 0 Å². The van der Waals surface area contributed by atoms with Gasteiger partial charge in [-0.25, -0.2) is 19.9 Å². The SMILES string of the molecule is CC=CC(=O)CCC(=O)N1CCN(Cc2cc3nc(-c4cnc(N)nc4)nc(N4CCOCC4)c3s2)CC1. The molecule has 0 saturated carbocycles. The van der Waals surface area contributed by atoms with E-state index in [4.69, 9.17) is 20.4 Å². The van der Waals surface area contributed by atoms with E-state index < -0.39 is 0 Å². The fourth-order valence-corrected chi connectivity index (χ4v) is 5.80. The second-order valence-corrected chi connectivity index (χ2v) is 10.5. The van der Waals surface area contributed by atoms with E-state index in [2.05, 4.69) is 25.8 Å². The number of morpholine rings is 1. The highest BCUT2D eigenvalue weighted by Crippen LogP contribution is 2.35. The molecule has 0 aromatic carbocycles. The summed E-state index contributed by atoms with van der Waals surface area (Å²) in [6, 6.07) is 2.14. The average molecular weight is 537 g/mol. The van der Waals surface area contributed by atoms with E-state index in [1.165, 1.54) is 11.0 Å². The Balaban J connectivity index is 1.29. The number of thiophene rings is 1. The summed E-state index contributed by atoms with van der Waals surface area (Å²) >= 11 is 1.72. The van der Waals surface area contributed by atoms with Crippen LogP contribution in [0.25, 0.3) is 21.6 Å². The van der Waals surface area contributed by atoms with Crippen LogP contribution in [0.1, 0.15) is 24.6 Å². The van der Waals surface area contributed by atoms with Crippen LogP contribution >= 0.6 is 11.3 Å². The van der Waals surface area contributed by atoms with Crippen molar-refractivity contribution in [2.75, 3.05) is 63.1 Å². The van der Waals surface area contributed by atoms with Gasteiger partial charge in [0.25, 0.3) is 0 Å². The quantitative estimate of drug-likeness (QED) is 0.427. The maximum atomic E-state index is 12.5. The van der Waals surface area contributed by atoms with Gasteiger partial charge >= 0.3 is 0 Å². The second-order valence-electron chi connectivity index (χ2n) is 9.35. The molecule has 0 aliphatic carbocycles. The van der Waals surface area contributed by atoms with Crippen LogP contribution in [0.15, 0.2) is 30.6 Å². The first-order chi connectivity index (χ1) is 18.5. The number of rotatable bonds is 8. The molecule has 3 aromatic rings. The number of allylic oxidation sites excluding steroid dienone is 2. The van der Waals surface area contributed by atoms with Crippen LogP contribution in [0.2, 0.25) is 0 Å². The minimum Gasteiger partial charge on any atom is -0.378 e. The summed E-state index contributed by atoms with van der Waals surface area (Å²) in [6.07, 6.45) is 7.07. The minimum atomic E-state index is -0.00382. The summed E-state index contributed by atoms with van der Waals surface area (Å²) < 4.78 is 6.62. The topological polar surface area (TPSA) is 131 Å². The van der Waals surface area contributed by atoms with Gasteiger partial charge in [0.05, 0.1) is 29.0 Å². The van der Waals surface area contributed by atoms with Crippen LogP contribution in [-0.2, 0) is 20.9 Å². The summed E-state index contributed by atoms with van der Waals surface area (Å²) in [6.45, 7) is 8.37. The zero-order valence-corrected chi connectivity index (χ0v) is 22.3. The molecule has 0 unspecified atom stereocenters. The number of ether oxygens (including phenoxy) is 1. The van der Waals surface area contributed by atoms with E-state index in [1.54, 1.807) is 36.7 Å². The molecule has 2 N–H and O–H groups in total. The highest BCUT2D eigenvalue weighted by Gasteiger charge is 2.24. The number of piperazine rings is 1. The van der Waals surface area contributed by atoms with Crippen molar-refractivity contribution in [1.29, 1.82) is 0 Å². The molecule has 5 heterocycles. The normalized spacial score (nSPS) is 17.0. The molecular weight excluding hydrogens is 504 g/mol. The van der Waals surface area contributed by atoms with E-state index in [1.807, 2.05) is 4.90 Å². The lowest BCUT2D eigenvalue weighted by Gasteiger charge is -2.34. The predicted molar refractivity (Wildman–Crippen MR) is 147 cm³/mol. The predicted octanol–water partition coefficient (Wildman–Crippen LogP) is 2.14. The number of fused-ring (bicyclic) bond motifs is 1. The van der Waals surface area contributed by atoms with Crippen molar-refractivity contribution in [3.8, 4) is 11.4 Å². The standard InChI is InChI=1S/C26H32N8O3S/c1-2-3-19(35)4-5-22(36)33-8-6-32(7-9-33)17-20-14-21-23(38-20)25(34-10-12-37-13-11-34)31-24(30-21)18-15-28-26(27)29-16-18/h2-3,14-16H,4-13,17H2,1H3,(H2,27,28,29). The Morgan fingerprint density at radius 3 is 2.50 bits per heavy atom. The maximum absolute atomic E-state index is 12.5. The smallest absolute Gasteiger partial charge is 0.223 e. The Hall–Kier alpha value is -3.48. The van der Waals surface area contributed by atoms with Crippen LogP contribution in [0.4, 0.5) is 11.8 Å². The van der Waals surface area contributed by atoms with Gasteiger partial charge in [0, 0.05) is 75.9 Å². The molecule has 38 heavy (non-hydrogen) atoms. The number of anilines is 2. The van der Waals surface area contributed by atoms with Crippen molar-refractivity contribution in [3.63, 3.8) is 0 Å². The lowest BCUT2D eigenvalue weighted by Crippen LogP contribution is -2.48. The van der Waals surface area contributed by atoms with E-state index in [0.717, 1.165) is 54.3 Å². The van der Waals surface area contributed by atoms with Gasteiger partial charge in [-0.1, -0.05) is 6.08 Å². The van der Waals surface area contributed by atoms with E-state index in [0.29, 0.717) is 32.1 Å². The van der Waals surface area contributed by atoms with Crippen LogP contribution in [0, 0.1) is 0 Å². The summed E-state index contributed by atoms with van der Waals surface area (Å²) in [7, 11) is 0. The number of carbonyl (C=O) groups is 2. The van der Waals surface area contributed by atoms with Crippen molar-refractivity contribution in [1.82, 2.24) is 29.7 Å². The number of nitrogen functional groups attached to an aromatic ring is 1. The number of hydrogen-bond acceptors (Lipinski definition) is 11. The van der Waals surface area contributed by atoms with Crippen LogP contribution in [0.3, 0.4) is 0 Å². The molecule has 200 valence electrons. The third kappa shape index (κ3) is 6.14. The van der Waals surface area contributed by atoms with Crippen LogP contribution in [0.5, 0.6) is 0 Å². The van der Waals surface area contributed by atoms with Gasteiger partial charge in [0.1, 0.15) is 0 Å². The molecule has 2 aliphatic heterocycles. The first-order valence-corrected chi connectivity index (χ1v) is 13.7. The third-order valence-corrected chi connectivity index (χ3v) is 7.79. The largest absolute Gasteiger partial charge is 0.378 e. The molecule has 0 bridgehead atoms. The lowest BCUT2D eigenvalue weighted by molar-refractivity contribution is -0.134. The Morgan fingerprint density at radius 1 is 1.05 bits per heavy atom. The number of ketones is 1. The first kappa shape index (κ1) is 26.1.